The van der Waals surface area contributed by atoms with Gasteiger partial charge in [0, 0.05) is 12.8 Å². The molecule has 1 saturated heterocycles. The van der Waals surface area contributed by atoms with Crippen LogP contribution in [0.25, 0.3) is 0 Å². The highest BCUT2D eigenvalue weighted by atomic mass is 16.7. The summed E-state index contributed by atoms with van der Waals surface area (Å²) in [4.78, 5) is 25.1. The Kier molecular flexibility index (Phi) is 51.9. The van der Waals surface area contributed by atoms with Gasteiger partial charge < -0.3 is 45.1 Å². The Morgan fingerprint density at radius 1 is 0.474 bits per heavy atom. The van der Waals surface area contributed by atoms with Crippen LogP contribution in [0.3, 0.4) is 0 Å². The van der Waals surface area contributed by atoms with E-state index in [2.05, 4.69) is 43.5 Å². The maximum Gasteiger partial charge on any atom is 0.305 e. The van der Waals surface area contributed by atoms with E-state index in [1.807, 2.05) is 6.08 Å². The predicted octanol–water partition coefficient (Wildman–Crippen LogP) is 15.5. The minimum Gasteiger partial charge on any atom is -0.466 e. The van der Waals surface area contributed by atoms with Crippen molar-refractivity contribution in [3.63, 3.8) is 0 Å². The quantitative estimate of drug-likeness (QED) is 0.0195. The van der Waals surface area contributed by atoms with Gasteiger partial charge in [-0.15, -0.1) is 0 Å². The molecule has 0 aromatic rings. The van der Waals surface area contributed by atoms with Gasteiger partial charge in [0.1, 0.15) is 24.4 Å². The first-order chi connectivity index (χ1) is 37.2. The minimum absolute atomic E-state index is 0.00339. The van der Waals surface area contributed by atoms with Crippen molar-refractivity contribution in [2.75, 3.05) is 19.8 Å². The first-order valence-electron chi connectivity index (χ1n) is 32.3. The van der Waals surface area contributed by atoms with E-state index >= 15 is 0 Å². The van der Waals surface area contributed by atoms with Crippen LogP contribution in [0.2, 0.25) is 0 Å². The third kappa shape index (κ3) is 43.7. The van der Waals surface area contributed by atoms with Gasteiger partial charge in [-0.25, -0.2) is 0 Å². The molecule has 6 N–H and O–H groups in total. The molecule has 11 nitrogen and oxygen atoms in total. The molecule has 1 aliphatic rings. The number of esters is 1. The van der Waals surface area contributed by atoms with E-state index in [9.17, 15) is 35.1 Å². The zero-order valence-corrected chi connectivity index (χ0v) is 49.2. The largest absolute Gasteiger partial charge is 0.466 e. The molecule has 0 aromatic heterocycles. The summed E-state index contributed by atoms with van der Waals surface area (Å²) in [5, 5.41) is 54.4. The lowest BCUT2D eigenvalue weighted by atomic mass is 9.99. The summed E-state index contributed by atoms with van der Waals surface area (Å²) >= 11 is 0. The standard InChI is InChI=1S/C65H121NO10/c1-3-5-7-9-11-13-15-28-32-35-39-43-47-51-58(68)57(56-75-65-64(73)63(72)62(71)59(55-67)76-65)66-60(69)52-48-44-40-36-33-29-26-24-22-20-18-16-17-19-21-23-25-27-30-34-38-42-46-50-54-74-61(70)53-49-45-41-37-31-14-12-10-8-6-4-2/h11,13,32,35,47,51,57-59,62-65,67-68,71-73H,3-10,12,14-31,33-34,36-46,48-50,52-56H2,1-2H3,(H,66,69)/b13-11+,35-32+,51-47+. The number of aliphatic hydroxyl groups is 5. The monoisotopic (exact) mass is 1080 g/mol. The number of ether oxygens (including phenoxy) is 3. The van der Waals surface area contributed by atoms with Gasteiger partial charge in [0.2, 0.25) is 5.91 Å². The molecule has 0 aromatic carbocycles. The third-order valence-corrected chi connectivity index (χ3v) is 15.2. The lowest BCUT2D eigenvalue weighted by Crippen LogP contribution is -2.60. The van der Waals surface area contributed by atoms with E-state index in [1.165, 1.54) is 205 Å². The van der Waals surface area contributed by atoms with Gasteiger partial charge in [-0.3, -0.25) is 9.59 Å². The average Bonchev–Trinajstić information content (AvgIpc) is 3.42. The maximum atomic E-state index is 13.0. The van der Waals surface area contributed by atoms with Crippen LogP contribution < -0.4 is 5.32 Å². The molecule has 0 aliphatic carbocycles. The second-order valence-corrected chi connectivity index (χ2v) is 22.5. The Morgan fingerprint density at radius 3 is 1.30 bits per heavy atom. The van der Waals surface area contributed by atoms with Crippen LogP contribution in [-0.2, 0) is 23.8 Å². The number of aliphatic hydroxyl groups excluding tert-OH is 5. The highest BCUT2D eigenvalue weighted by Crippen LogP contribution is 2.23. The van der Waals surface area contributed by atoms with Crippen molar-refractivity contribution in [2.24, 2.45) is 0 Å². The van der Waals surface area contributed by atoms with E-state index in [0.29, 0.717) is 19.4 Å². The fourth-order valence-electron chi connectivity index (χ4n) is 10.1. The number of hydrogen-bond donors (Lipinski definition) is 6. The van der Waals surface area contributed by atoms with Gasteiger partial charge in [0.25, 0.3) is 0 Å². The second kappa shape index (κ2) is 54.8. The number of amides is 1. The van der Waals surface area contributed by atoms with E-state index in [-0.39, 0.29) is 18.5 Å². The lowest BCUT2D eigenvalue weighted by molar-refractivity contribution is -0.302. The molecular weight excluding hydrogens is 955 g/mol. The second-order valence-electron chi connectivity index (χ2n) is 22.5. The molecule has 1 fully saturated rings. The number of carbonyl (C=O) groups excluding carboxylic acids is 2. The molecular formula is C65H121NO10. The van der Waals surface area contributed by atoms with Gasteiger partial charge in [0.15, 0.2) is 6.29 Å². The maximum absolute atomic E-state index is 13.0. The van der Waals surface area contributed by atoms with Crippen LogP contribution >= 0.6 is 0 Å². The summed E-state index contributed by atoms with van der Waals surface area (Å²) in [6.07, 6.45) is 58.2. The molecule has 7 atom stereocenters. The molecule has 1 heterocycles. The van der Waals surface area contributed by atoms with Crippen molar-refractivity contribution in [3.8, 4) is 0 Å². The first-order valence-corrected chi connectivity index (χ1v) is 32.3. The van der Waals surface area contributed by atoms with Crippen molar-refractivity contribution in [1.82, 2.24) is 5.32 Å². The topological polar surface area (TPSA) is 175 Å². The van der Waals surface area contributed by atoms with Crippen molar-refractivity contribution >= 4 is 11.9 Å². The van der Waals surface area contributed by atoms with Crippen LogP contribution in [-0.4, -0.2) is 100 Å². The summed E-state index contributed by atoms with van der Waals surface area (Å²) in [6.45, 7) is 4.30. The van der Waals surface area contributed by atoms with Crippen LogP contribution in [0.5, 0.6) is 0 Å². The Balaban J connectivity index is 2.03. The first kappa shape index (κ1) is 71.9. The highest BCUT2D eigenvalue weighted by molar-refractivity contribution is 5.76. The van der Waals surface area contributed by atoms with Crippen LogP contribution in [0.4, 0.5) is 0 Å². The molecule has 0 spiro atoms. The molecule has 1 rings (SSSR count). The molecule has 0 bridgehead atoms. The SMILES string of the molecule is CCCCC/C=C/CC/C=C/CC/C=C/C(O)C(COC1OC(CO)C(O)C(O)C1O)NC(=O)CCCCCCCCCCCCCCCCCCCCCCCCCCOC(=O)CCCCCCCCCCCCC. The van der Waals surface area contributed by atoms with E-state index in [0.717, 1.165) is 70.6 Å². The zero-order valence-electron chi connectivity index (χ0n) is 49.2. The fraction of sp³-hybridized carbons (Fsp3) is 0.877. The molecule has 7 unspecified atom stereocenters. The van der Waals surface area contributed by atoms with Gasteiger partial charge in [-0.05, 0) is 57.8 Å². The molecule has 0 saturated carbocycles. The molecule has 1 amide bonds. The Morgan fingerprint density at radius 2 is 0.855 bits per heavy atom. The Bertz CT molecular complexity index is 1360. The van der Waals surface area contributed by atoms with E-state index in [4.69, 9.17) is 14.2 Å². The summed E-state index contributed by atoms with van der Waals surface area (Å²) in [7, 11) is 0. The van der Waals surface area contributed by atoms with Crippen LogP contribution in [0, 0.1) is 0 Å². The minimum atomic E-state index is -1.58. The van der Waals surface area contributed by atoms with Gasteiger partial charge in [0.05, 0.1) is 32.0 Å². The van der Waals surface area contributed by atoms with Gasteiger partial charge in [-0.1, -0.05) is 269 Å². The molecule has 11 heteroatoms. The number of hydrogen-bond acceptors (Lipinski definition) is 10. The lowest BCUT2D eigenvalue weighted by Gasteiger charge is -2.40. The Hall–Kier alpha value is -2.12. The van der Waals surface area contributed by atoms with Crippen molar-refractivity contribution in [3.05, 3.63) is 36.5 Å². The van der Waals surface area contributed by atoms with Gasteiger partial charge in [-0.2, -0.15) is 0 Å². The number of nitrogens with one attached hydrogen (secondary N) is 1. The normalized spacial score (nSPS) is 18.9. The van der Waals surface area contributed by atoms with Crippen LogP contribution in [0.1, 0.15) is 303 Å². The molecule has 0 radical (unpaired) electrons. The van der Waals surface area contributed by atoms with Crippen molar-refractivity contribution in [1.29, 1.82) is 0 Å². The molecule has 76 heavy (non-hydrogen) atoms. The number of unbranched alkanes of at least 4 members (excludes halogenated alkanes) is 38. The van der Waals surface area contributed by atoms with E-state index < -0.39 is 49.5 Å². The predicted molar refractivity (Wildman–Crippen MR) is 315 cm³/mol. The Labute approximate surface area is 466 Å². The number of allylic oxidation sites excluding steroid dienone is 5. The summed E-state index contributed by atoms with van der Waals surface area (Å²) < 4.78 is 16.7. The summed E-state index contributed by atoms with van der Waals surface area (Å²) in [5.41, 5.74) is 0. The van der Waals surface area contributed by atoms with Crippen molar-refractivity contribution < 1.29 is 49.3 Å². The van der Waals surface area contributed by atoms with Crippen LogP contribution in [0.15, 0.2) is 36.5 Å². The molecule has 446 valence electrons. The average molecular weight is 1080 g/mol. The summed E-state index contributed by atoms with van der Waals surface area (Å²) in [5.74, 6) is -0.192. The number of rotatable bonds is 56. The van der Waals surface area contributed by atoms with E-state index in [1.54, 1.807) is 6.08 Å². The third-order valence-electron chi connectivity index (χ3n) is 15.2. The van der Waals surface area contributed by atoms with Gasteiger partial charge >= 0.3 is 5.97 Å². The molecule has 1 aliphatic heterocycles. The number of carbonyl (C=O) groups is 2. The van der Waals surface area contributed by atoms with Crippen molar-refractivity contribution in [2.45, 2.75) is 346 Å². The smallest absolute Gasteiger partial charge is 0.305 e. The zero-order chi connectivity index (χ0) is 55.2. The fourth-order valence-corrected chi connectivity index (χ4v) is 10.1. The summed E-state index contributed by atoms with van der Waals surface area (Å²) in [6, 6.07) is -0.833. The highest BCUT2D eigenvalue weighted by Gasteiger charge is 2.44.